The molecule has 0 fully saturated rings. The Morgan fingerprint density at radius 1 is 1.00 bits per heavy atom. The highest BCUT2D eigenvalue weighted by atomic mass is 16.5. The number of fused-ring (bicyclic) bond motifs is 1. The number of nitrogens with zero attached hydrogens (tertiary/aromatic N) is 1. The smallest absolute Gasteiger partial charge is 0.259 e. The van der Waals surface area contributed by atoms with Gasteiger partial charge in [0.1, 0.15) is 0 Å². The molecule has 0 atom stereocenters. The lowest BCUT2D eigenvalue weighted by Crippen LogP contribution is -2.27. The molecule has 1 aliphatic carbocycles. The van der Waals surface area contributed by atoms with Gasteiger partial charge in [-0.2, -0.15) is 0 Å². The van der Waals surface area contributed by atoms with E-state index < -0.39 is 0 Å². The van der Waals surface area contributed by atoms with Crippen LogP contribution in [0.1, 0.15) is 40.4 Å². The molecule has 152 valence electrons. The van der Waals surface area contributed by atoms with Crippen molar-refractivity contribution >= 4 is 17.8 Å². The number of allylic oxidation sites excluding steroid dienone is 1. The predicted molar refractivity (Wildman–Crippen MR) is 114 cm³/mol. The third-order valence-corrected chi connectivity index (χ3v) is 4.93. The second kappa shape index (κ2) is 9.41. The minimum Gasteiger partial charge on any atom is -0.490 e. The van der Waals surface area contributed by atoms with Gasteiger partial charge in [0, 0.05) is 19.7 Å². The van der Waals surface area contributed by atoms with Gasteiger partial charge < -0.3 is 14.4 Å². The lowest BCUT2D eigenvalue weighted by molar-refractivity contribution is -0.130. The highest BCUT2D eigenvalue weighted by molar-refractivity contribution is 6.07. The number of aryl methyl sites for hydroxylation is 2. The molecule has 5 heteroatoms. The molecule has 0 aromatic heterocycles. The molecule has 2 aromatic rings. The zero-order valence-electron chi connectivity index (χ0n) is 17.2. The molecule has 0 saturated heterocycles. The number of carbonyl (C=O) groups is 2. The third-order valence-electron chi connectivity index (χ3n) is 4.93. The SMILES string of the molecule is CCOc1cc(/C=C/C(=O)c2ccc3c(c2)CCC3)ccc1OCC(=O)N(C)C. The van der Waals surface area contributed by atoms with Crippen LogP contribution in [0.4, 0.5) is 0 Å². The Morgan fingerprint density at radius 2 is 1.79 bits per heavy atom. The molecule has 3 rings (SSSR count). The summed E-state index contributed by atoms with van der Waals surface area (Å²) in [6, 6.07) is 11.4. The Balaban J connectivity index is 1.72. The molecule has 0 saturated carbocycles. The summed E-state index contributed by atoms with van der Waals surface area (Å²) in [5.74, 6) is 0.904. The summed E-state index contributed by atoms with van der Waals surface area (Å²) in [4.78, 5) is 25.8. The number of hydrogen-bond acceptors (Lipinski definition) is 4. The zero-order chi connectivity index (χ0) is 20.8. The van der Waals surface area contributed by atoms with E-state index in [1.807, 2.05) is 31.2 Å². The molecule has 0 heterocycles. The van der Waals surface area contributed by atoms with E-state index in [2.05, 4.69) is 6.07 Å². The van der Waals surface area contributed by atoms with Gasteiger partial charge in [0.25, 0.3) is 5.91 Å². The van der Waals surface area contributed by atoms with E-state index >= 15 is 0 Å². The summed E-state index contributed by atoms with van der Waals surface area (Å²) < 4.78 is 11.2. The molecule has 1 aliphatic rings. The number of ketones is 1. The van der Waals surface area contributed by atoms with Crippen molar-refractivity contribution in [1.82, 2.24) is 4.90 Å². The van der Waals surface area contributed by atoms with Gasteiger partial charge in [-0.25, -0.2) is 0 Å². The number of benzene rings is 2. The van der Waals surface area contributed by atoms with Gasteiger partial charge in [0.15, 0.2) is 23.9 Å². The quantitative estimate of drug-likeness (QED) is 0.504. The summed E-state index contributed by atoms with van der Waals surface area (Å²) in [6.07, 6.45) is 6.67. The standard InChI is InChI=1S/C24H27NO4/c1-4-28-23-14-17(9-13-22(23)29-16-24(27)25(2)3)8-12-21(26)20-11-10-18-6-5-7-19(18)15-20/h8-15H,4-7,16H2,1-3H3/b12-8+. The monoisotopic (exact) mass is 393 g/mol. The topological polar surface area (TPSA) is 55.8 Å². The van der Waals surface area contributed by atoms with E-state index in [-0.39, 0.29) is 18.3 Å². The van der Waals surface area contributed by atoms with E-state index in [9.17, 15) is 9.59 Å². The molecule has 1 amide bonds. The Morgan fingerprint density at radius 3 is 2.55 bits per heavy atom. The van der Waals surface area contributed by atoms with Crippen molar-refractivity contribution in [2.24, 2.45) is 0 Å². The predicted octanol–water partition coefficient (Wildman–Crippen LogP) is 3.94. The minimum atomic E-state index is -0.128. The minimum absolute atomic E-state index is 0.0189. The van der Waals surface area contributed by atoms with Crippen LogP contribution < -0.4 is 9.47 Å². The van der Waals surface area contributed by atoms with Gasteiger partial charge in [0.2, 0.25) is 0 Å². The van der Waals surface area contributed by atoms with Crippen LogP contribution in [-0.2, 0) is 17.6 Å². The van der Waals surface area contributed by atoms with Gasteiger partial charge in [0.05, 0.1) is 6.61 Å². The molecule has 0 aliphatic heterocycles. The van der Waals surface area contributed by atoms with Gasteiger partial charge in [-0.3, -0.25) is 9.59 Å². The largest absolute Gasteiger partial charge is 0.490 e. The first-order valence-corrected chi connectivity index (χ1v) is 9.92. The van der Waals surface area contributed by atoms with Crippen molar-refractivity contribution < 1.29 is 19.1 Å². The number of carbonyl (C=O) groups excluding carboxylic acids is 2. The number of ether oxygens (including phenoxy) is 2. The van der Waals surface area contributed by atoms with E-state index in [0.717, 1.165) is 24.8 Å². The van der Waals surface area contributed by atoms with Crippen LogP contribution in [0.5, 0.6) is 11.5 Å². The molecular weight excluding hydrogens is 366 g/mol. The highest BCUT2D eigenvalue weighted by Crippen LogP contribution is 2.29. The Hall–Kier alpha value is -3.08. The number of rotatable bonds is 8. The van der Waals surface area contributed by atoms with Crippen LogP contribution in [0.3, 0.4) is 0 Å². The van der Waals surface area contributed by atoms with Gasteiger partial charge >= 0.3 is 0 Å². The van der Waals surface area contributed by atoms with Gasteiger partial charge in [-0.05, 0) is 67.2 Å². The second-order valence-electron chi connectivity index (χ2n) is 7.25. The summed E-state index contributed by atoms with van der Waals surface area (Å²) in [6.45, 7) is 2.30. The molecule has 2 aromatic carbocycles. The molecular formula is C24H27NO4. The molecule has 0 unspecified atom stereocenters. The van der Waals surface area contributed by atoms with E-state index in [4.69, 9.17) is 9.47 Å². The molecule has 29 heavy (non-hydrogen) atoms. The summed E-state index contributed by atoms with van der Waals surface area (Å²) in [5, 5.41) is 0. The van der Waals surface area contributed by atoms with Crippen molar-refractivity contribution in [3.8, 4) is 11.5 Å². The highest BCUT2D eigenvalue weighted by Gasteiger charge is 2.13. The fourth-order valence-corrected chi connectivity index (χ4v) is 3.28. The Bertz CT molecular complexity index is 930. The first-order chi connectivity index (χ1) is 14.0. The average molecular weight is 393 g/mol. The average Bonchev–Trinajstić information content (AvgIpc) is 3.19. The summed E-state index contributed by atoms with van der Waals surface area (Å²) in [7, 11) is 3.36. The van der Waals surface area contributed by atoms with Gasteiger partial charge in [-0.1, -0.05) is 24.3 Å². The van der Waals surface area contributed by atoms with Crippen LogP contribution in [0.15, 0.2) is 42.5 Å². The van der Waals surface area contributed by atoms with Crippen LogP contribution in [0, 0.1) is 0 Å². The van der Waals surface area contributed by atoms with Crippen molar-refractivity contribution in [2.45, 2.75) is 26.2 Å². The Kier molecular flexibility index (Phi) is 6.70. The first kappa shape index (κ1) is 20.6. The maximum atomic E-state index is 12.6. The summed E-state index contributed by atoms with van der Waals surface area (Å²) >= 11 is 0. The lowest BCUT2D eigenvalue weighted by Gasteiger charge is -2.14. The molecule has 0 bridgehead atoms. The van der Waals surface area contributed by atoms with Crippen molar-refractivity contribution in [3.63, 3.8) is 0 Å². The normalized spacial score (nSPS) is 12.7. The van der Waals surface area contributed by atoms with E-state index in [1.165, 1.54) is 16.0 Å². The number of likely N-dealkylation sites (N-methyl/N-ethyl adjacent to an activating group) is 1. The molecule has 0 radical (unpaired) electrons. The Labute approximate surface area is 171 Å². The van der Waals surface area contributed by atoms with Crippen molar-refractivity contribution in [2.75, 3.05) is 27.3 Å². The van der Waals surface area contributed by atoms with Crippen LogP contribution in [0.2, 0.25) is 0 Å². The summed E-state index contributed by atoms with van der Waals surface area (Å²) in [5.41, 5.74) is 4.19. The number of hydrogen-bond donors (Lipinski definition) is 0. The van der Waals surface area contributed by atoms with Crippen LogP contribution in [-0.4, -0.2) is 43.9 Å². The van der Waals surface area contributed by atoms with Gasteiger partial charge in [-0.15, -0.1) is 0 Å². The lowest BCUT2D eigenvalue weighted by atomic mass is 10.0. The first-order valence-electron chi connectivity index (χ1n) is 9.92. The third kappa shape index (κ3) is 5.25. The molecule has 0 N–H and O–H groups in total. The van der Waals surface area contributed by atoms with Crippen LogP contribution >= 0.6 is 0 Å². The van der Waals surface area contributed by atoms with Crippen molar-refractivity contribution in [1.29, 1.82) is 0 Å². The van der Waals surface area contributed by atoms with Crippen molar-refractivity contribution in [3.05, 3.63) is 64.7 Å². The molecule has 0 spiro atoms. The fourth-order valence-electron chi connectivity index (χ4n) is 3.28. The maximum Gasteiger partial charge on any atom is 0.259 e. The van der Waals surface area contributed by atoms with E-state index in [0.29, 0.717) is 23.7 Å². The zero-order valence-corrected chi connectivity index (χ0v) is 17.2. The van der Waals surface area contributed by atoms with E-state index in [1.54, 1.807) is 32.3 Å². The fraction of sp³-hybridized carbons (Fsp3) is 0.333. The maximum absolute atomic E-state index is 12.6. The number of amides is 1. The molecule has 5 nitrogen and oxygen atoms in total. The second-order valence-corrected chi connectivity index (χ2v) is 7.25. The van der Waals surface area contributed by atoms with Crippen LogP contribution in [0.25, 0.3) is 6.08 Å².